The van der Waals surface area contributed by atoms with E-state index in [4.69, 9.17) is 5.11 Å². The van der Waals surface area contributed by atoms with E-state index in [1.807, 2.05) is 0 Å². The fraction of sp³-hybridized carbons (Fsp3) is 0.833. The molecule has 1 nitrogen and oxygen atoms in total. The van der Waals surface area contributed by atoms with Crippen LogP contribution >= 0.6 is 0 Å². The van der Waals surface area contributed by atoms with Crippen LogP contribution in [0.3, 0.4) is 0 Å². The van der Waals surface area contributed by atoms with Crippen molar-refractivity contribution in [2.75, 3.05) is 6.61 Å². The first-order valence-corrected chi connectivity index (χ1v) is 5.28. The van der Waals surface area contributed by atoms with E-state index in [0.29, 0.717) is 12.5 Å². The predicted molar refractivity (Wildman–Crippen MR) is 60.8 cm³/mol. The van der Waals surface area contributed by atoms with Gasteiger partial charge in [0.25, 0.3) is 0 Å². The number of aliphatic hydroxyl groups is 1. The van der Waals surface area contributed by atoms with Gasteiger partial charge in [0, 0.05) is 6.61 Å². The topological polar surface area (TPSA) is 20.2 Å². The monoisotopic (exact) mass is 186 g/mol. The molecule has 0 atom stereocenters. The Kier molecular flexibility index (Phi) is 13.7. The molecular formula is C12H26O. The normalized spacial score (nSPS) is 10.8. The fourth-order valence-electron chi connectivity index (χ4n) is 0.578. The van der Waals surface area contributed by atoms with Crippen molar-refractivity contribution >= 4 is 0 Å². The van der Waals surface area contributed by atoms with Crippen molar-refractivity contribution in [3.63, 3.8) is 0 Å². The average Bonchev–Trinajstić information content (AvgIpc) is 1.97. The summed E-state index contributed by atoms with van der Waals surface area (Å²) in [6, 6.07) is 0. The largest absolute Gasteiger partial charge is 0.396 e. The van der Waals surface area contributed by atoms with Crippen molar-refractivity contribution < 1.29 is 5.11 Å². The van der Waals surface area contributed by atoms with Crippen LogP contribution in [0.1, 0.15) is 47.5 Å². The Hall–Kier alpha value is -0.300. The van der Waals surface area contributed by atoms with Crippen LogP contribution in [0.4, 0.5) is 0 Å². The Morgan fingerprint density at radius 3 is 1.85 bits per heavy atom. The van der Waals surface area contributed by atoms with E-state index in [-0.39, 0.29) is 0 Å². The lowest BCUT2D eigenvalue weighted by Gasteiger charge is -1.92. The summed E-state index contributed by atoms with van der Waals surface area (Å²) < 4.78 is 0. The summed E-state index contributed by atoms with van der Waals surface area (Å²) in [5.41, 5.74) is 0. The second kappa shape index (κ2) is 11.7. The number of hydrogen-bond donors (Lipinski definition) is 1. The Labute approximate surface area is 83.9 Å². The molecule has 0 aliphatic carbocycles. The van der Waals surface area contributed by atoms with Gasteiger partial charge in [-0.3, -0.25) is 0 Å². The predicted octanol–water partition coefficient (Wildman–Crippen LogP) is 3.63. The molecule has 0 aromatic carbocycles. The minimum Gasteiger partial charge on any atom is -0.396 e. The number of rotatable bonds is 4. The summed E-state index contributed by atoms with van der Waals surface area (Å²) in [6.45, 7) is 11.1. The Bertz CT molecular complexity index is 101. The molecule has 0 aliphatic rings. The van der Waals surface area contributed by atoms with Crippen LogP contribution in [0, 0.1) is 11.8 Å². The number of unbranched alkanes of at least 4 members (excludes halogenated alkanes) is 1. The molecule has 1 heteroatoms. The van der Waals surface area contributed by atoms with Crippen molar-refractivity contribution in [3.8, 4) is 0 Å². The lowest BCUT2D eigenvalue weighted by atomic mass is 10.2. The van der Waals surface area contributed by atoms with Gasteiger partial charge in [-0.25, -0.2) is 0 Å². The maximum Gasteiger partial charge on any atom is 0.0433 e. The highest BCUT2D eigenvalue weighted by Crippen LogP contribution is 1.96. The lowest BCUT2D eigenvalue weighted by Crippen LogP contribution is -1.80. The SMILES string of the molecule is CC(C)/C=C/CCCO.CC(C)C. The maximum absolute atomic E-state index is 8.40. The van der Waals surface area contributed by atoms with Gasteiger partial charge in [-0.15, -0.1) is 0 Å². The van der Waals surface area contributed by atoms with E-state index in [1.165, 1.54) is 0 Å². The summed E-state index contributed by atoms with van der Waals surface area (Å²) in [4.78, 5) is 0. The standard InChI is InChI=1S/C8H16O.C4H10/c1-8(2)6-4-3-5-7-9;1-4(2)3/h4,6,8-9H,3,5,7H2,1-2H3;4H,1-3H3/b6-4+;. The van der Waals surface area contributed by atoms with E-state index < -0.39 is 0 Å². The lowest BCUT2D eigenvalue weighted by molar-refractivity contribution is 0.289. The van der Waals surface area contributed by atoms with Crippen LogP contribution in [0.15, 0.2) is 12.2 Å². The molecule has 13 heavy (non-hydrogen) atoms. The molecule has 0 heterocycles. The van der Waals surface area contributed by atoms with Gasteiger partial charge in [0.15, 0.2) is 0 Å². The van der Waals surface area contributed by atoms with Crippen LogP contribution in [0.25, 0.3) is 0 Å². The first-order chi connectivity index (χ1) is 6.00. The summed E-state index contributed by atoms with van der Waals surface area (Å²) in [5.74, 6) is 1.48. The van der Waals surface area contributed by atoms with Crippen LogP contribution in [-0.2, 0) is 0 Å². The molecular weight excluding hydrogens is 160 g/mol. The molecule has 0 aromatic rings. The first-order valence-electron chi connectivity index (χ1n) is 5.28. The molecule has 0 amide bonds. The van der Waals surface area contributed by atoms with Crippen LogP contribution in [0.2, 0.25) is 0 Å². The molecule has 0 bridgehead atoms. The minimum absolute atomic E-state index is 0.308. The van der Waals surface area contributed by atoms with Crippen molar-refractivity contribution in [3.05, 3.63) is 12.2 Å². The highest BCUT2D eigenvalue weighted by molar-refractivity contribution is 4.83. The van der Waals surface area contributed by atoms with E-state index in [9.17, 15) is 0 Å². The molecule has 0 aliphatic heterocycles. The fourth-order valence-corrected chi connectivity index (χ4v) is 0.578. The van der Waals surface area contributed by atoms with Crippen LogP contribution in [-0.4, -0.2) is 11.7 Å². The highest BCUT2D eigenvalue weighted by atomic mass is 16.2. The molecule has 0 spiro atoms. The molecule has 0 aromatic heterocycles. The molecule has 0 saturated heterocycles. The third-order valence-electron chi connectivity index (χ3n) is 1.05. The number of hydrogen-bond acceptors (Lipinski definition) is 1. The van der Waals surface area contributed by atoms with Crippen molar-refractivity contribution in [2.24, 2.45) is 11.8 Å². The minimum atomic E-state index is 0.308. The summed E-state index contributed by atoms with van der Waals surface area (Å²) in [6.07, 6.45) is 6.19. The molecule has 0 unspecified atom stereocenters. The van der Waals surface area contributed by atoms with Crippen molar-refractivity contribution in [2.45, 2.75) is 47.5 Å². The Morgan fingerprint density at radius 1 is 1.08 bits per heavy atom. The second-order valence-corrected chi connectivity index (χ2v) is 4.27. The third kappa shape index (κ3) is 33.9. The zero-order valence-electron chi connectivity index (χ0n) is 9.88. The smallest absolute Gasteiger partial charge is 0.0433 e. The van der Waals surface area contributed by atoms with Gasteiger partial charge in [0.1, 0.15) is 0 Å². The van der Waals surface area contributed by atoms with Crippen LogP contribution < -0.4 is 0 Å². The molecule has 0 fully saturated rings. The Balaban J connectivity index is 0. The van der Waals surface area contributed by atoms with Gasteiger partial charge in [-0.05, 0) is 24.7 Å². The quantitative estimate of drug-likeness (QED) is 0.525. The Morgan fingerprint density at radius 2 is 1.54 bits per heavy atom. The van der Waals surface area contributed by atoms with Crippen LogP contribution in [0.5, 0.6) is 0 Å². The zero-order valence-corrected chi connectivity index (χ0v) is 9.88. The molecule has 80 valence electrons. The summed E-state index contributed by atoms with van der Waals surface area (Å²) in [7, 11) is 0. The molecule has 0 rings (SSSR count). The van der Waals surface area contributed by atoms with E-state index in [2.05, 4.69) is 46.8 Å². The van der Waals surface area contributed by atoms with Gasteiger partial charge in [-0.2, -0.15) is 0 Å². The summed E-state index contributed by atoms with van der Waals surface area (Å²) >= 11 is 0. The van der Waals surface area contributed by atoms with E-state index >= 15 is 0 Å². The first kappa shape index (κ1) is 15.2. The third-order valence-corrected chi connectivity index (χ3v) is 1.05. The summed E-state index contributed by atoms with van der Waals surface area (Å²) in [5, 5.41) is 8.40. The van der Waals surface area contributed by atoms with Gasteiger partial charge in [0.05, 0.1) is 0 Å². The molecule has 1 N–H and O–H groups in total. The van der Waals surface area contributed by atoms with Gasteiger partial charge >= 0.3 is 0 Å². The number of aliphatic hydroxyl groups excluding tert-OH is 1. The van der Waals surface area contributed by atoms with Crippen molar-refractivity contribution in [1.82, 2.24) is 0 Å². The van der Waals surface area contributed by atoms with Gasteiger partial charge < -0.3 is 5.11 Å². The average molecular weight is 186 g/mol. The zero-order chi connectivity index (χ0) is 10.7. The maximum atomic E-state index is 8.40. The van der Waals surface area contributed by atoms with E-state index in [1.54, 1.807) is 0 Å². The molecule has 0 radical (unpaired) electrons. The highest BCUT2D eigenvalue weighted by Gasteiger charge is 1.82. The number of allylic oxidation sites excluding steroid dienone is 2. The van der Waals surface area contributed by atoms with E-state index in [0.717, 1.165) is 18.8 Å². The van der Waals surface area contributed by atoms with Crippen molar-refractivity contribution in [1.29, 1.82) is 0 Å². The molecule has 0 saturated carbocycles. The second-order valence-electron chi connectivity index (χ2n) is 4.27. The van der Waals surface area contributed by atoms with Gasteiger partial charge in [-0.1, -0.05) is 46.8 Å². The van der Waals surface area contributed by atoms with Gasteiger partial charge in [0.2, 0.25) is 0 Å².